The second-order valence-electron chi connectivity index (χ2n) is 5.64. The van der Waals surface area contributed by atoms with Gasteiger partial charge in [0.1, 0.15) is 0 Å². The Bertz CT molecular complexity index is 679. The van der Waals surface area contributed by atoms with Crippen LogP contribution in [0.4, 0.5) is 0 Å². The molecule has 0 aliphatic heterocycles. The van der Waals surface area contributed by atoms with E-state index in [4.69, 9.17) is 0 Å². The van der Waals surface area contributed by atoms with E-state index in [2.05, 4.69) is 36.5 Å². The zero-order valence-electron chi connectivity index (χ0n) is 13.1. The molecule has 2 aromatic carbocycles. The Balaban J connectivity index is 1.96. The Morgan fingerprint density at radius 2 is 1.55 bits per heavy atom. The largest absolute Gasteiger partial charge is 0.306 e. The van der Waals surface area contributed by atoms with Gasteiger partial charge in [0, 0.05) is 18.8 Å². The van der Waals surface area contributed by atoms with Gasteiger partial charge in [-0.15, -0.1) is 0 Å². The van der Waals surface area contributed by atoms with E-state index in [1.165, 1.54) is 11.8 Å². The van der Waals surface area contributed by atoms with Crippen molar-refractivity contribution in [2.75, 3.05) is 6.26 Å². The molecule has 1 N–H and O–H groups in total. The summed E-state index contributed by atoms with van der Waals surface area (Å²) in [5, 5.41) is 3.55. The van der Waals surface area contributed by atoms with Gasteiger partial charge in [0.15, 0.2) is 9.84 Å². The Morgan fingerprint density at radius 1 is 0.955 bits per heavy atom. The first kappa shape index (κ1) is 16.7. The third-order valence-electron chi connectivity index (χ3n) is 3.61. The van der Waals surface area contributed by atoms with Gasteiger partial charge >= 0.3 is 0 Å². The molecule has 118 valence electrons. The third-order valence-corrected chi connectivity index (χ3v) is 4.47. The van der Waals surface area contributed by atoms with Crippen LogP contribution in [-0.4, -0.2) is 14.7 Å². The van der Waals surface area contributed by atoms with Gasteiger partial charge in [0.25, 0.3) is 0 Å². The molecule has 0 saturated carbocycles. The lowest BCUT2D eigenvalue weighted by molar-refractivity contribution is 0.519. The molecule has 0 aromatic heterocycles. The van der Waals surface area contributed by atoms with Crippen molar-refractivity contribution in [3.8, 4) is 0 Å². The maximum atomic E-state index is 11.3. The Kier molecular flexibility index (Phi) is 5.75. The highest BCUT2D eigenvalue weighted by atomic mass is 32.2. The van der Waals surface area contributed by atoms with Crippen LogP contribution in [0.1, 0.15) is 36.1 Å². The molecule has 0 heterocycles. The molecule has 1 unspecified atom stereocenters. The number of nitrogens with one attached hydrogen (secondary N) is 1. The maximum Gasteiger partial charge on any atom is 0.151 e. The van der Waals surface area contributed by atoms with E-state index in [-0.39, 0.29) is 5.75 Å². The number of benzene rings is 2. The lowest BCUT2D eigenvalue weighted by Gasteiger charge is -2.17. The van der Waals surface area contributed by atoms with Gasteiger partial charge in [-0.3, -0.25) is 0 Å². The van der Waals surface area contributed by atoms with Crippen LogP contribution >= 0.6 is 0 Å². The summed E-state index contributed by atoms with van der Waals surface area (Å²) in [6.45, 7) is 2.94. The van der Waals surface area contributed by atoms with E-state index in [9.17, 15) is 8.42 Å². The highest BCUT2D eigenvalue weighted by Crippen LogP contribution is 2.17. The molecule has 1 atom stereocenters. The maximum absolute atomic E-state index is 11.3. The molecule has 2 rings (SSSR count). The summed E-state index contributed by atoms with van der Waals surface area (Å²) in [6, 6.07) is 18.5. The van der Waals surface area contributed by atoms with E-state index in [1.807, 2.05) is 30.3 Å². The molecule has 0 amide bonds. The minimum atomic E-state index is -2.97. The minimum absolute atomic E-state index is 0.0995. The third kappa shape index (κ3) is 5.28. The van der Waals surface area contributed by atoms with Crippen LogP contribution in [0.3, 0.4) is 0 Å². The van der Waals surface area contributed by atoms with Crippen LogP contribution in [0, 0.1) is 0 Å². The van der Waals surface area contributed by atoms with E-state index in [0.717, 1.165) is 24.1 Å². The van der Waals surface area contributed by atoms with Gasteiger partial charge < -0.3 is 5.32 Å². The van der Waals surface area contributed by atoms with Crippen molar-refractivity contribution in [1.29, 1.82) is 0 Å². The van der Waals surface area contributed by atoms with Gasteiger partial charge in [-0.2, -0.15) is 0 Å². The molecule has 0 aliphatic carbocycles. The normalized spacial score (nSPS) is 13.0. The van der Waals surface area contributed by atoms with E-state index < -0.39 is 9.84 Å². The first-order valence-corrected chi connectivity index (χ1v) is 9.58. The number of sulfone groups is 1. The smallest absolute Gasteiger partial charge is 0.151 e. The van der Waals surface area contributed by atoms with Crippen molar-refractivity contribution in [1.82, 2.24) is 5.32 Å². The molecule has 0 saturated heterocycles. The Morgan fingerprint density at radius 3 is 2.09 bits per heavy atom. The summed E-state index contributed by atoms with van der Waals surface area (Å²) in [5.41, 5.74) is 3.28. The molecule has 0 fully saturated rings. The van der Waals surface area contributed by atoms with Crippen molar-refractivity contribution in [3.05, 3.63) is 71.3 Å². The predicted octanol–water partition coefficient (Wildman–Crippen LogP) is 3.47. The highest BCUT2D eigenvalue weighted by molar-refractivity contribution is 7.89. The molecule has 0 bridgehead atoms. The molecule has 0 radical (unpaired) electrons. The second kappa shape index (κ2) is 7.56. The van der Waals surface area contributed by atoms with Crippen LogP contribution < -0.4 is 5.32 Å². The fraction of sp³-hybridized carbons (Fsp3) is 0.333. The summed E-state index contributed by atoms with van der Waals surface area (Å²) in [7, 11) is -2.97. The van der Waals surface area contributed by atoms with Crippen LogP contribution in [-0.2, 0) is 22.1 Å². The molecule has 4 heteroatoms. The first-order valence-electron chi connectivity index (χ1n) is 7.52. The summed E-state index contributed by atoms with van der Waals surface area (Å²) in [5.74, 6) is 0.0995. The van der Waals surface area contributed by atoms with Crippen molar-refractivity contribution in [2.45, 2.75) is 31.7 Å². The van der Waals surface area contributed by atoms with E-state index >= 15 is 0 Å². The highest BCUT2D eigenvalue weighted by Gasteiger charge is 2.08. The number of rotatable bonds is 7. The molecule has 22 heavy (non-hydrogen) atoms. The van der Waals surface area contributed by atoms with Crippen molar-refractivity contribution in [2.24, 2.45) is 0 Å². The predicted molar refractivity (Wildman–Crippen MR) is 91.3 cm³/mol. The monoisotopic (exact) mass is 317 g/mol. The molecular weight excluding hydrogens is 294 g/mol. The number of hydrogen-bond acceptors (Lipinski definition) is 3. The first-order chi connectivity index (χ1) is 10.5. The van der Waals surface area contributed by atoms with Gasteiger partial charge in [0.2, 0.25) is 0 Å². The SMILES string of the molecule is CCC(NCc1ccc(CS(C)(=O)=O)cc1)c1ccccc1. The standard InChI is InChI=1S/C18H23NO2S/c1-3-18(17-7-5-4-6-8-17)19-13-15-9-11-16(12-10-15)14-22(2,20)21/h4-12,18-19H,3,13-14H2,1-2H3. The summed E-state index contributed by atoms with van der Waals surface area (Å²) >= 11 is 0. The molecule has 0 aliphatic rings. The summed E-state index contributed by atoms with van der Waals surface area (Å²) in [4.78, 5) is 0. The van der Waals surface area contributed by atoms with E-state index in [0.29, 0.717) is 6.04 Å². The average Bonchev–Trinajstić information content (AvgIpc) is 2.49. The summed E-state index contributed by atoms with van der Waals surface area (Å²) < 4.78 is 22.6. The Labute approximate surface area is 133 Å². The molecule has 2 aromatic rings. The lowest BCUT2D eigenvalue weighted by atomic mass is 10.0. The van der Waals surface area contributed by atoms with Gasteiger partial charge in [-0.25, -0.2) is 8.42 Å². The van der Waals surface area contributed by atoms with Crippen LogP contribution in [0.15, 0.2) is 54.6 Å². The summed E-state index contributed by atoms with van der Waals surface area (Å²) in [6.07, 6.45) is 2.28. The quantitative estimate of drug-likeness (QED) is 0.850. The zero-order valence-corrected chi connectivity index (χ0v) is 13.9. The van der Waals surface area contributed by atoms with Gasteiger partial charge in [0.05, 0.1) is 5.75 Å². The van der Waals surface area contributed by atoms with Crippen LogP contribution in [0.25, 0.3) is 0 Å². The average molecular weight is 317 g/mol. The Hall–Kier alpha value is -1.65. The number of hydrogen-bond donors (Lipinski definition) is 1. The van der Waals surface area contributed by atoms with Crippen molar-refractivity contribution < 1.29 is 8.42 Å². The lowest BCUT2D eigenvalue weighted by Crippen LogP contribution is -2.20. The molecule has 0 spiro atoms. The minimum Gasteiger partial charge on any atom is -0.306 e. The van der Waals surface area contributed by atoms with Crippen LogP contribution in [0.5, 0.6) is 0 Å². The fourth-order valence-corrected chi connectivity index (χ4v) is 3.28. The van der Waals surface area contributed by atoms with E-state index in [1.54, 1.807) is 0 Å². The van der Waals surface area contributed by atoms with Crippen molar-refractivity contribution >= 4 is 9.84 Å². The van der Waals surface area contributed by atoms with Gasteiger partial charge in [-0.05, 0) is 23.1 Å². The fourth-order valence-electron chi connectivity index (χ4n) is 2.48. The van der Waals surface area contributed by atoms with Crippen molar-refractivity contribution in [3.63, 3.8) is 0 Å². The molecular formula is C18H23NO2S. The molecule has 3 nitrogen and oxygen atoms in total. The van der Waals surface area contributed by atoms with Gasteiger partial charge in [-0.1, -0.05) is 61.5 Å². The zero-order chi connectivity index (χ0) is 16.0. The van der Waals surface area contributed by atoms with Crippen LogP contribution in [0.2, 0.25) is 0 Å². The topological polar surface area (TPSA) is 46.2 Å². The second-order valence-corrected chi connectivity index (χ2v) is 7.78.